The molecule has 0 bridgehead atoms. The monoisotopic (exact) mass is 252 g/mol. The van der Waals surface area contributed by atoms with Crippen LogP contribution in [0.4, 0.5) is 5.95 Å². The Bertz CT molecular complexity index is 347. The summed E-state index contributed by atoms with van der Waals surface area (Å²) in [5.74, 6) is 1.54. The van der Waals surface area contributed by atoms with Crippen LogP contribution in [0.2, 0.25) is 0 Å². The lowest BCUT2D eigenvalue weighted by Crippen LogP contribution is -2.27. The Morgan fingerprint density at radius 3 is 2.89 bits per heavy atom. The average molecular weight is 252 g/mol. The zero-order valence-electron chi connectivity index (χ0n) is 11.5. The Morgan fingerprint density at radius 1 is 1.39 bits per heavy atom. The largest absolute Gasteiger partial charge is 0.338 e. The van der Waals surface area contributed by atoms with Crippen LogP contribution in [0.15, 0.2) is 4.52 Å². The molecule has 1 aromatic heterocycles. The van der Waals surface area contributed by atoms with Crippen LogP contribution in [0.25, 0.3) is 0 Å². The summed E-state index contributed by atoms with van der Waals surface area (Å²) in [7, 11) is 0. The molecule has 0 radical (unpaired) electrons. The summed E-state index contributed by atoms with van der Waals surface area (Å²) in [6.07, 6.45) is 5.55. The second kappa shape index (κ2) is 6.73. The predicted molar refractivity (Wildman–Crippen MR) is 71.8 cm³/mol. The van der Waals surface area contributed by atoms with E-state index in [9.17, 15) is 0 Å². The lowest BCUT2D eigenvalue weighted by atomic mass is 10.2. The molecule has 2 rings (SSSR count). The van der Waals surface area contributed by atoms with Gasteiger partial charge in [0.25, 0.3) is 5.95 Å². The Morgan fingerprint density at radius 2 is 2.17 bits per heavy atom. The highest BCUT2D eigenvalue weighted by Crippen LogP contribution is 2.16. The molecule has 0 saturated carbocycles. The highest BCUT2D eigenvalue weighted by Gasteiger charge is 2.18. The third kappa shape index (κ3) is 3.70. The van der Waals surface area contributed by atoms with Crippen molar-refractivity contribution in [2.75, 3.05) is 24.5 Å². The molecule has 0 spiro atoms. The van der Waals surface area contributed by atoms with Crippen molar-refractivity contribution in [3.63, 3.8) is 0 Å². The first-order chi connectivity index (χ1) is 8.79. The summed E-state index contributed by atoms with van der Waals surface area (Å²) in [5, 5.41) is 7.52. The number of hydrogen-bond acceptors (Lipinski definition) is 5. The minimum atomic E-state index is 0.507. The number of nitrogens with zero attached hydrogens (tertiary/aromatic N) is 3. The Hall–Kier alpha value is -1.10. The number of rotatable bonds is 7. The van der Waals surface area contributed by atoms with Crippen LogP contribution in [0.5, 0.6) is 0 Å². The van der Waals surface area contributed by atoms with Crippen molar-refractivity contribution >= 4 is 5.95 Å². The number of anilines is 1. The fourth-order valence-corrected chi connectivity index (χ4v) is 2.23. The summed E-state index contributed by atoms with van der Waals surface area (Å²) < 4.78 is 5.30. The van der Waals surface area contributed by atoms with E-state index in [1.807, 2.05) is 0 Å². The van der Waals surface area contributed by atoms with Crippen molar-refractivity contribution in [2.24, 2.45) is 0 Å². The molecule has 2 heterocycles. The third-order valence-corrected chi connectivity index (χ3v) is 3.38. The molecule has 0 aromatic carbocycles. The normalized spacial score (nSPS) is 17.3. The Labute approximate surface area is 109 Å². The maximum Gasteiger partial charge on any atom is 0.266 e. The highest BCUT2D eigenvalue weighted by molar-refractivity contribution is 5.28. The molecule has 5 heteroatoms. The smallest absolute Gasteiger partial charge is 0.266 e. The van der Waals surface area contributed by atoms with Gasteiger partial charge in [-0.05, 0) is 44.3 Å². The van der Waals surface area contributed by atoms with Crippen molar-refractivity contribution in [3.8, 4) is 0 Å². The van der Waals surface area contributed by atoms with E-state index in [-0.39, 0.29) is 0 Å². The third-order valence-electron chi connectivity index (χ3n) is 3.38. The molecule has 1 aromatic rings. The van der Waals surface area contributed by atoms with E-state index in [1.54, 1.807) is 0 Å². The van der Waals surface area contributed by atoms with Gasteiger partial charge in [-0.1, -0.05) is 6.92 Å². The van der Waals surface area contributed by atoms with Crippen molar-refractivity contribution in [2.45, 2.75) is 52.0 Å². The Balaban J connectivity index is 1.76. The molecule has 1 saturated heterocycles. The average Bonchev–Trinajstić information content (AvgIpc) is 3.03. The first-order valence-electron chi connectivity index (χ1n) is 7.10. The van der Waals surface area contributed by atoms with Gasteiger partial charge < -0.3 is 14.7 Å². The standard InChI is InChI=1S/C13H24N4O/c1-3-8-14-11(2)6-7-12-15-13(16-18-12)17-9-4-5-10-17/h11,14H,3-10H2,1-2H3. The number of hydrogen-bond donors (Lipinski definition) is 1. The van der Waals surface area contributed by atoms with E-state index in [0.29, 0.717) is 6.04 Å². The topological polar surface area (TPSA) is 54.2 Å². The first-order valence-corrected chi connectivity index (χ1v) is 7.10. The highest BCUT2D eigenvalue weighted by atomic mass is 16.5. The van der Waals surface area contributed by atoms with Gasteiger partial charge in [-0.2, -0.15) is 4.98 Å². The molecule has 1 unspecified atom stereocenters. The maximum absolute atomic E-state index is 5.30. The lowest BCUT2D eigenvalue weighted by molar-refractivity contribution is 0.366. The van der Waals surface area contributed by atoms with Crippen molar-refractivity contribution in [1.29, 1.82) is 0 Å². The fourth-order valence-electron chi connectivity index (χ4n) is 2.23. The van der Waals surface area contributed by atoms with Crippen LogP contribution in [-0.2, 0) is 6.42 Å². The maximum atomic E-state index is 5.30. The van der Waals surface area contributed by atoms with Gasteiger partial charge in [-0.3, -0.25) is 0 Å². The minimum absolute atomic E-state index is 0.507. The van der Waals surface area contributed by atoms with Gasteiger partial charge in [0.2, 0.25) is 5.89 Å². The van der Waals surface area contributed by atoms with Gasteiger partial charge in [0.05, 0.1) is 0 Å². The van der Waals surface area contributed by atoms with Crippen LogP contribution in [0, 0.1) is 0 Å². The molecule has 1 aliphatic rings. The van der Waals surface area contributed by atoms with Crippen LogP contribution in [0.3, 0.4) is 0 Å². The van der Waals surface area contributed by atoms with Gasteiger partial charge >= 0.3 is 0 Å². The zero-order chi connectivity index (χ0) is 12.8. The molecule has 102 valence electrons. The molecule has 18 heavy (non-hydrogen) atoms. The van der Waals surface area contributed by atoms with E-state index < -0.39 is 0 Å². The SMILES string of the molecule is CCCNC(C)CCc1nc(N2CCCC2)no1. The van der Waals surface area contributed by atoms with E-state index in [1.165, 1.54) is 19.3 Å². The van der Waals surface area contributed by atoms with E-state index in [4.69, 9.17) is 4.52 Å². The number of nitrogens with one attached hydrogen (secondary N) is 1. The number of aromatic nitrogens is 2. The molecule has 0 aliphatic carbocycles. The van der Waals surface area contributed by atoms with Crippen molar-refractivity contribution < 1.29 is 4.52 Å². The summed E-state index contributed by atoms with van der Waals surface area (Å²) in [4.78, 5) is 6.67. The van der Waals surface area contributed by atoms with E-state index >= 15 is 0 Å². The van der Waals surface area contributed by atoms with Gasteiger partial charge in [-0.25, -0.2) is 0 Å². The minimum Gasteiger partial charge on any atom is -0.338 e. The summed E-state index contributed by atoms with van der Waals surface area (Å²) >= 11 is 0. The molecule has 1 aliphatic heterocycles. The molecule has 1 atom stereocenters. The number of aryl methyl sites for hydroxylation is 1. The second-order valence-electron chi connectivity index (χ2n) is 5.08. The van der Waals surface area contributed by atoms with Gasteiger partial charge in [0.1, 0.15) is 0 Å². The predicted octanol–water partition coefficient (Wildman–Crippen LogP) is 1.99. The summed E-state index contributed by atoms with van der Waals surface area (Å²) in [6, 6.07) is 0.507. The first kappa shape index (κ1) is 13.3. The molecular weight excluding hydrogens is 228 g/mol. The van der Waals surface area contributed by atoms with Crippen molar-refractivity contribution in [1.82, 2.24) is 15.5 Å². The summed E-state index contributed by atoms with van der Waals surface area (Å²) in [6.45, 7) is 7.58. The molecule has 5 nitrogen and oxygen atoms in total. The second-order valence-corrected chi connectivity index (χ2v) is 5.08. The van der Waals surface area contributed by atoms with Gasteiger partial charge in [-0.15, -0.1) is 0 Å². The fraction of sp³-hybridized carbons (Fsp3) is 0.846. The lowest BCUT2D eigenvalue weighted by Gasteiger charge is -2.11. The quantitative estimate of drug-likeness (QED) is 0.804. The van der Waals surface area contributed by atoms with Gasteiger partial charge in [0, 0.05) is 25.6 Å². The zero-order valence-corrected chi connectivity index (χ0v) is 11.5. The summed E-state index contributed by atoms with van der Waals surface area (Å²) in [5.41, 5.74) is 0. The molecule has 1 fully saturated rings. The van der Waals surface area contributed by atoms with Crippen LogP contribution >= 0.6 is 0 Å². The Kier molecular flexibility index (Phi) is 4.99. The van der Waals surface area contributed by atoms with E-state index in [0.717, 1.165) is 44.3 Å². The molecule has 0 amide bonds. The van der Waals surface area contributed by atoms with E-state index in [2.05, 4.69) is 34.2 Å². The van der Waals surface area contributed by atoms with Crippen LogP contribution < -0.4 is 10.2 Å². The van der Waals surface area contributed by atoms with Gasteiger partial charge in [0.15, 0.2) is 0 Å². The van der Waals surface area contributed by atoms with Crippen molar-refractivity contribution in [3.05, 3.63) is 5.89 Å². The molecule has 1 N–H and O–H groups in total. The van der Waals surface area contributed by atoms with Crippen LogP contribution in [-0.4, -0.2) is 35.8 Å². The molecular formula is C13H24N4O. The van der Waals surface area contributed by atoms with Crippen LogP contribution in [0.1, 0.15) is 45.4 Å².